The summed E-state index contributed by atoms with van der Waals surface area (Å²) in [4.78, 5) is 13.9. The molecule has 0 atom stereocenters. The number of ether oxygens (including phenoxy) is 1. The van der Waals surface area contributed by atoms with Crippen molar-refractivity contribution < 1.29 is 9.53 Å². The minimum atomic E-state index is -0.596. The number of amides is 1. The van der Waals surface area contributed by atoms with Crippen LogP contribution in [0, 0.1) is 0 Å². The van der Waals surface area contributed by atoms with E-state index in [1.807, 2.05) is 6.92 Å². The zero-order chi connectivity index (χ0) is 9.68. The van der Waals surface area contributed by atoms with Crippen molar-refractivity contribution in [3.05, 3.63) is 26.8 Å². The predicted octanol–water partition coefficient (Wildman–Crippen LogP) is 2.60. The minimum absolute atomic E-state index is 0.347. The predicted molar refractivity (Wildman–Crippen MR) is 49.0 cm³/mol. The Hall–Kier alpha value is -1.52. The van der Waals surface area contributed by atoms with Crippen LogP contribution in [0.1, 0.15) is 16.6 Å². The van der Waals surface area contributed by atoms with E-state index in [0.29, 0.717) is 17.2 Å². The zero-order valence-corrected chi connectivity index (χ0v) is 7.74. The highest BCUT2D eigenvalue weighted by Gasteiger charge is 2.11. The van der Waals surface area contributed by atoms with Crippen LogP contribution in [0.15, 0.2) is 16.6 Å². The number of nitrogens with zero attached hydrogens (tertiary/aromatic N) is 3. The highest BCUT2D eigenvalue weighted by Crippen LogP contribution is 2.25. The van der Waals surface area contributed by atoms with Crippen LogP contribution in [-0.4, -0.2) is 12.5 Å². The largest absolute Gasteiger partial charge is 0.492 e. The summed E-state index contributed by atoms with van der Waals surface area (Å²) >= 11 is 1.20. The Morgan fingerprint density at radius 1 is 1.85 bits per heavy atom. The lowest BCUT2D eigenvalue weighted by molar-refractivity contribution is 0.100. The lowest BCUT2D eigenvalue weighted by atomic mass is 10.4. The summed E-state index contributed by atoms with van der Waals surface area (Å²) in [5, 5.41) is 4.70. The first-order chi connectivity index (χ1) is 6.29. The van der Waals surface area contributed by atoms with Gasteiger partial charge in [0.05, 0.1) is 6.61 Å². The Morgan fingerprint density at radius 2 is 2.62 bits per heavy atom. The van der Waals surface area contributed by atoms with Crippen molar-refractivity contribution in [1.82, 2.24) is 0 Å². The molecule has 13 heavy (non-hydrogen) atoms. The molecule has 0 aromatic carbocycles. The molecule has 0 saturated carbocycles. The van der Waals surface area contributed by atoms with Crippen molar-refractivity contribution in [1.29, 1.82) is 0 Å². The molecular formula is C7H7N3O2S. The molecule has 1 rings (SSSR count). The number of hydrogen-bond donors (Lipinski definition) is 0. The Balaban J connectivity index is 2.92. The first-order valence-corrected chi connectivity index (χ1v) is 4.47. The molecule has 0 aliphatic heterocycles. The van der Waals surface area contributed by atoms with E-state index >= 15 is 0 Å². The number of azide groups is 1. The number of carbonyl (C=O) groups is 1. The molecule has 0 fully saturated rings. The molecule has 0 aliphatic rings. The van der Waals surface area contributed by atoms with E-state index in [2.05, 4.69) is 10.0 Å². The van der Waals surface area contributed by atoms with E-state index < -0.39 is 5.91 Å². The summed E-state index contributed by atoms with van der Waals surface area (Å²) in [6.07, 6.45) is 0. The van der Waals surface area contributed by atoms with Gasteiger partial charge < -0.3 is 4.74 Å². The molecule has 0 aliphatic carbocycles. The fourth-order valence-electron chi connectivity index (χ4n) is 0.809. The van der Waals surface area contributed by atoms with E-state index in [1.54, 1.807) is 11.4 Å². The molecular weight excluding hydrogens is 190 g/mol. The minimum Gasteiger partial charge on any atom is -0.492 e. The Bertz CT molecular complexity index is 354. The third-order valence-electron chi connectivity index (χ3n) is 1.26. The van der Waals surface area contributed by atoms with Crippen LogP contribution in [0.2, 0.25) is 0 Å². The molecule has 0 spiro atoms. The van der Waals surface area contributed by atoms with Crippen LogP contribution in [0.25, 0.3) is 10.4 Å². The standard InChI is InChI=1S/C7H7N3O2S/c1-2-12-5-3-4-13-6(5)7(11)9-10-8/h3-4H,2H2,1H3. The first-order valence-electron chi connectivity index (χ1n) is 3.59. The van der Waals surface area contributed by atoms with Gasteiger partial charge in [-0.3, -0.25) is 4.79 Å². The van der Waals surface area contributed by atoms with Crippen LogP contribution in [-0.2, 0) is 0 Å². The molecule has 0 bridgehead atoms. The normalized spacial score (nSPS) is 9.00. The summed E-state index contributed by atoms with van der Waals surface area (Å²) in [6, 6.07) is 1.67. The third-order valence-corrected chi connectivity index (χ3v) is 2.14. The van der Waals surface area contributed by atoms with Crippen LogP contribution >= 0.6 is 11.3 Å². The average molecular weight is 197 g/mol. The van der Waals surface area contributed by atoms with E-state index in [-0.39, 0.29) is 0 Å². The van der Waals surface area contributed by atoms with E-state index in [1.165, 1.54) is 11.3 Å². The second-order valence-corrected chi connectivity index (χ2v) is 2.96. The fourth-order valence-corrected chi connectivity index (χ4v) is 1.52. The monoisotopic (exact) mass is 197 g/mol. The van der Waals surface area contributed by atoms with Gasteiger partial charge in [0.25, 0.3) is 5.91 Å². The van der Waals surface area contributed by atoms with Crippen molar-refractivity contribution in [2.24, 2.45) is 5.11 Å². The molecule has 0 saturated heterocycles. The maximum atomic E-state index is 11.1. The van der Waals surface area contributed by atoms with E-state index in [0.717, 1.165) is 0 Å². The quantitative estimate of drug-likeness (QED) is 0.424. The summed E-state index contributed by atoms with van der Waals surface area (Å²) in [5.41, 5.74) is 8.06. The molecule has 1 heterocycles. The molecule has 0 unspecified atom stereocenters. The van der Waals surface area contributed by atoms with Crippen molar-refractivity contribution in [3.8, 4) is 5.75 Å². The first kappa shape index (κ1) is 9.57. The molecule has 1 aromatic rings. The van der Waals surface area contributed by atoms with E-state index in [9.17, 15) is 4.79 Å². The highest BCUT2D eigenvalue weighted by atomic mass is 32.1. The lowest BCUT2D eigenvalue weighted by Gasteiger charge is -2.00. The number of carbonyl (C=O) groups excluding carboxylic acids is 1. The molecule has 5 nitrogen and oxygen atoms in total. The number of rotatable bonds is 3. The van der Waals surface area contributed by atoms with Gasteiger partial charge in [0, 0.05) is 4.91 Å². The van der Waals surface area contributed by atoms with Crippen molar-refractivity contribution in [2.45, 2.75) is 6.92 Å². The second-order valence-electron chi connectivity index (χ2n) is 2.04. The van der Waals surface area contributed by atoms with Gasteiger partial charge in [-0.2, -0.15) is 0 Å². The zero-order valence-electron chi connectivity index (χ0n) is 6.93. The average Bonchev–Trinajstić information content (AvgIpc) is 2.54. The molecule has 0 N–H and O–H groups in total. The van der Waals surface area contributed by atoms with Gasteiger partial charge in [-0.15, -0.1) is 11.3 Å². The Labute approximate surface area is 78.6 Å². The summed E-state index contributed by atoms with van der Waals surface area (Å²) in [6.45, 7) is 2.30. The van der Waals surface area contributed by atoms with Crippen LogP contribution in [0.5, 0.6) is 5.75 Å². The van der Waals surface area contributed by atoms with Crippen LogP contribution < -0.4 is 4.74 Å². The van der Waals surface area contributed by atoms with Crippen LogP contribution in [0.3, 0.4) is 0 Å². The van der Waals surface area contributed by atoms with E-state index in [4.69, 9.17) is 10.3 Å². The second kappa shape index (κ2) is 4.49. The van der Waals surface area contributed by atoms with Gasteiger partial charge in [0.1, 0.15) is 10.6 Å². The Kier molecular flexibility index (Phi) is 3.31. The summed E-state index contributed by atoms with van der Waals surface area (Å²) in [5.74, 6) is -0.120. The Morgan fingerprint density at radius 3 is 3.23 bits per heavy atom. The number of thiophene rings is 1. The fraction of sp³-hybridized carbons (Fsp3) is 0.286. The number of hydrogen-bond acceptors (Lipinski definition) is 3. The SMILES string of the molecule is CCOc1ccsc1C(=O)N=[N+]=[N-]. The van der Waals surface area contributed by atoms with Gasteiger partial charge in [-0.05, 0) is 29.0 Å². The highest BCUT2D eigenvalue weighted by molar-refractivity contribution is 7.12. The molecule has 6 heteroatoms. The molecule has 0 radical (unpaired) electrons. The van der Waals surface area contributed by atoms with Gasteiger partial charge in [-0.1, -0.05) is 0 Å². The maximum Gasteiger partial charge on any atom is 0.262 e. The third kappa shape index (κ3) is 2.21. The smallest absolute Gasteiger partial charge is 0.262 e. The maximum absolute atomic E-state index is 11.1. The molecule has 68 valence electrons. The molecule has 1 aromatic heterocycles. The molecule has 1 amide bonds. The summed E-state index contributed by atoms with van der Waals surface area (Å²) < 4.78 is 5.15. The van der Waals surface area contributed by atoms with Crippen LogP contribution in [0.4, 0.5) is 0 Å². The van der Waals surface area contributed by atoms with Gasteiger partial charge >= 0.3 is 0 Å². The van der Waals surface area contributed by atoms with Crippen molar-refractivity contribution >= 4 is 17.2 Å². The van der Waals surface area contributed by atoms with Gasteiger partial charge in [-0.25, -0.2) is 0 Å². The van der Waals surface area contributed by atoms with Gasteiger partial charge in [0.15, 0.2) is 0 Å². The topological polar surface area (TPSA) is 75.1 Å². The van der Waals surface area contributed by atoms with Crippen molar-refractivity contribution in [2.75, 3.05) is 6.61 Å². The summed E-state index contributed by atoms with van der Waals surface area (Å²) in [7, 11) is 0. The van der Waals surface area contributed by atoms with Crippen molar-refractivity contribution in [3.63, 3.8) is 0 Å². The van der Waals surface area contributed by atoms with Gasteiger partial charge in [0.2, 0.25) is 0 Å². The lowest BCUT2D eigenvalue weighted by Crippen LogP contribution is -1.96.